The van der Waals surface area contributed by atoms with E-state index in [9.17, 15) is 4.79 Å². The van der Waals surface area contributed by atoms with Crippen molar-refractivity contribution < 1.29 is 9.53 Å². The first-order chi connectivity index (χ1) is 16.4. The van der Waals surface area contributed by atoms with E-state index in [0.717, 1.165) is 45.8 Å². The van der Waals surface area contributed by atoms with E-state index in [1.807, 2.05) is 52.6 Å². The van der Waals surface area contributed by atoms with Crippen LogP contribution >= 0.6 is 0 Å². The molecule has 0 saturated heterocycles. The average molecular weight is 458 g/mol. The van der Waals surface area contributed by atoms with Crippen LogP contribution in [0.25, 0.3) is 11.1 Å². The molecule has 174 valence electrons. The Morgan fingerprint density at radius 1 is 1.09 bits per heavy atom. The Labute approximate surface area is 197 Å². The van der Waals surface area contributed by atoms with Crippen molar-refractivity contribution in [1.82, 2.24) is 29.2 Å². The summed E-state index contributed by atoms with van der Waals surface area (Å²) < 4.78 is 8.99. The Bertz CT molecular complexity index is 1370. The van der Waals surface area contributed by atoms with Crippen molar-refractivity contribution in [1.29, 1.82) is 0 Å². The van der Waals surface area contributed by atoms with Crippen molar-refractivity contribution in [2.24, 2.45) is 7.05 Å². The van der Waals surface area contributed by atoms with Gasteiger partial charge < -0.3 is 19.9 Å². The molecule has 2 N–H and O–H groups in total. The van der Waals surface area contributed by atoms with Crippen LogP contribution in [0.3, 0.4) is 0 Å². The average Bonchev–Trinajstić information content (AvgIpc) is 3.39. The number of aryl methyl sites for hydroxylation is 2. The van der Waals surface area contributed by atoms with Gasteiger partial charge in [0.1, 0.15) is 5.75 Å². The van der Waals surface area contributed by atoms with Gasteiger partial charge in [0.05, 0.1) is 31.6 Å². The minimum atomic E-state index is -0.00545. The monoisotopic (exact) mass is 457 g/mol. The molecular weight excluding hydrogens is 430 g/mol. The number of rotatable bonds is 6. The number of hydrogen-bond donors (Lipinski definition) is 1. The first-order valence-electron chi connectivity index (χ1n) is 11.1. The molecule has 0 radical (unpaired) electrons. The summed E-state index contributed by atoms with van der Waals surface area (Å²) in [5.41, 5.74) is 12.6. The van der Waals surface area contributed by atoms with Crippen molar-refractivity contribution in [2.75, 3.05) is 19.4 Å². The fraction of sp³-hybridized carbons (Fsp3) is 0.280. The summed E-state index contributed by atoms with van der Waals surface area (Å²) in [6.45, 7) is 3.56. The predicted molar refractivity (Wildman–Crippen MR) is 128 cm³/mol. The van der Waals surface area contributed by atoms with E-state index in [2.05, 4.69) is 21.1 Å². The quantitative estimate of drug-likeness (QED) is 0.477. The Hall–Kier alpha value is -4.14. The molecular formula is C25H27N7O2. The molecule has 4 aromatic rings. The molecule has 0 aliphatic carbocycles. The van der Waals surface area contributed by atoms with Crippen molar-refractivity contribution in [3.8, 4) is 16.9 Å². The van der Waals surface area contributed by atoms with Crippen LogP contribution in [-0.2, 0) is 26.6 Å². The molecule has 3 aromatic heterocycles. The number of nitrogens with two attached hydrogens (primary N) is 1. The topological polar surface area (TPSA) is 104 Å². The van der Waals surface area contributed by atoms with Gasteiger partial charge in [-0.1, -0.05) is 0 Å². The molecule has 0 bridgehead atoms. The molecule has 5 rings (SSSR count). The summed E-state index contributed by atoms with van der Waals surface area (Å²) in [6.07, 6.45) is 7.98. The van der Waals surface area contributed by atoms with Gasteiger partial charge in [0.2, 0.25) is 0 Å². The highest BCUT2D eigenvalue weighted by Crippen LogP contribution is 2.34. The fourth-order valence-corrected chi connectivity index (χ4v) is 4.59. The van der Waals surface area contributed by atoms with Crippen molar-refractivity contribution in [3.05, 3.63) is 77.1 Å². The van der Waals surface area contributed by atoms with E-state index >= 15 is 0 Å². The predicted octanol–water partition coefficient (Wildman–Crippen LogP) is 2.82. The van der Waals surface area contributed by atoms with Crippen molar-refractivity contribution in [2.45, 2.75) is 26.4 Å². The molecule has 0 saturated carbocycles. The normalized spacial score (nSPS) is 13.3. The molecule has 1 aromatic carbocycles. The van der Waals surface area contributed by atoms with E-state index < -0.39 is 0 Å². The minimum absolute atomic E-state index is 0.00545. The number of aromatic nitrogens is 5. The van der Waals surface area contributed by atoms with Crippen LogP contribution in [-0.4, -0.2) is 48.8 Å². The number of pyridine rings is 1. The summed E-state index contributed by atoms with van der Waals surface area (Å²) >= 11 is 0. The number of nitrogens with zero attached hydrogens (tertiary/aromatic N) is 6. The van der Waals surface area contributed by atoms with E-state index in [0.29, 0.717) is 31.1 Å². The molecule has 0 fully saturated rings. The van der Waals surface area contributed by atoms with Crippen LogP contribution in [0, 0.1) is 6.92 Å². The second-order valence-corrected chi connectivity index (χ2v) is 8.55. The largest absolute Gasteiger partial charge is 0.497 e. The maximum absolute atomic E-state index is 13.7. The lowest BCUT2D eigenvalue weighted by Crippen LogP contribution is -2.37. The zero-order valence-corrected chi connectivity index (χ0v) is 19.5. The van der Waals surface area contributed by atoms with Gasteiger partial charge in [-0.2, -0.15) is 5.10 Å². The van der Waals surface area contributed by atoms with Gasteiger partial charge >= 0.3 is 0 Å². The van der Waals surface area contributed by atoms with Crippen LogP contribution in [0.1, 0.15) is 32.9 Å². The highest BCUT2D eigenvalue weighted by atomic mass is 16.5. The van der Waals surface area contributed by atoms with Crippen LogP contribution < -0.4 is 10.5 Å². The molecule has 1 aliphatic heterocycles. The number of nitrogen functional groups attached to an aromatic ring is 1. The number of hydrogen-bond acceptors (Lipinski definition) is 6. The standard InChI is InChI=1S/C25H27N7O2/c1-16-23(15-30(2)29-16)21-10-17(13-32-9-7-28-25(32)26)11-22-20(21)5-8-31(24(22)33)14-18-12-19(34-3)4-6-27-18/h4,6-7,9-12,15H,5,8,13-14H2,1-3H3,(H2,26,28). The SMILES string of the molecule is COc1ccnc(CN2CCc3c(cc(Cn4ccnc4N)cc3-c3cn(C)nc3C)C2=O)c1. The molecule has 1 aliphatic rings. The number of fused-ring (bicyclic) bond motifs is 1. The smallest absolute Gasteiger partial charge is 0.254 e. The molecule has 9 heteroatoms. The van der Waals surface area contributed by atoms with E-state index in [1.54, 1.807) is 25.6 Å². The number of carbonyl (C=O) groups excluding carboxylic acids is 1. The maximum atomic E-state index is 13.7. The third kappa shape index (κ3) is 4.00. The fourth-order valence-electron chi connectivity index (χ4n) is 4.59. The van der Waals surface area contributed by atoms with Crippen molar-refractivity contribution >= 4 is 11.9 Å². The molecule has 0 unspecified atom stereocenters. The summed E-state index contributed by atoms with van der Waals surface area (Å²) in [5.74, 6) is 1.16. The number of ether oxygens (including phenoxy) is 1. The molecule has 0 spiro atoms. The van der Waals surface area contributed by atoms with Crippen LogP contribution in [0.4, 0.5) is 5.95 Å². The van der Waals surface area contributed by atoms with Gasteiger partial charge in [-0.05, 0) is 48.2 Å². The maximum Gasteiger partial charge on any atom is 0.254 e. The third-order valence-corrected chi connectivity index (χ3v) is 6.24. The Morgan fingerprint density at radius 3 is 2.62 bits per heavy atom. The van der Waals surface area contributed by atoms with Gasteiger partial charge in [-0.25, -0.2) is 4.98 Å². The highest BCUT2D eigenvalue weighted by Gasteiger charge is 2.28. The Kier molecular flexibility index (Phi) is 5.53. The number of benzene rings is 1. The second-order valence-electron chi connectivity index (χ2n) is 8.55. The van der Waals surface area contributed by atoms with E-state index in [4.69, 9.17) is 10.5 Å². The van der Waals surface area contributed by atoms with Gasteiger partial charge in [-0.3, -0.25) is 14.5 Å². The van der Waals surface area contributed by atoms with E-state index in [1.165, 1.54) is 0 Å². The molecule has 9 nitrogen and oxygen atoms in total. The first-order valence-corrected chi connectivity index (χ1v) is 11.1. The minimum Gasteiger partial charge on any atom is -0.497 e. The second kappa shape index (κ2) is 8.66. The molecule has 4 heterocycles. The van der Waals surface area contributed by atoms with Crippen LogP contribution in [0.15, 0.2) is 49.1 Å². The summed E-state index contributed by atoms with van der Waals surface area (Å²) in [4.78, 5) is 24.1. The lowest BCUT2D eigenvalue weighted by Gasteiger charge is -2.30. The summed E-state index contributed by atoms with van der Waals surface area (Å²) in [7, 11) is 3.53. The van der Waals surface area contributed by atoms with Crippen molar-refractivity contribution in [3.63, 3.8) is 0 Å². The molecule has 0 atom stereocenters. The molecule has 34 heavy (non-hydrogen) atoms. The molecule has 1 amide bonds. The Balaban J connectivity index is 1.55. The lowest BCUT2D eigenvalue weighted by molar-refractivity contribution is 0.0725. The zero-order chi connectivity index (χ0) is 23.8. The number of methoxy groups -OCH3 is 1. The lowest BCUT2D eigenvalue weighted by atomic mass is 9.88. The van der Waals surface area contributed by atoms with E-state index in [-0.39, 0.29) is 5.91 Å². The number of anilines is 1. The summed E-state index contributed by atoms with van der Waals surface area (Å²) in [5, 5.41) is 4.53. The number of imidazole rings is 1. The van der Waals surface area contributed by atoms with Gasteiger partial charge in [0, 0.05) is 55.6 Å². The first kappa shape index (κ1) is 21.7. The zero-order valence-electron chi connectivity index (χ0n) is 19.5. The summed E-state index contributed by atoms with van der Waals surface area (Å²) in [6, 6.07) is 7.80. The van der Waals surface area contributed by atoms with Gasteiger partial charge in [0.25, 0.3) is 5.91 Å². The number of carbonyl (C=O) groups is 1. The highest BCUT2D eigenvalue weighted by molar-refractivity contribution is 5.99. The number of amides is 1. The van der Waals surface area contributed by atoms with Gasteiger partial charge in [0.15, 0.2) is 5.95 Å². The van der Waals surface area contributed by atoms with Crippen LogP contribution in [0.5, 0.6) is 5.75 Å². The third-order valence-electron chi connectivity index (χ3n) is 6.24. The van der Waals surface area contributed by atoms with Crippen LogP contribution in [0.2, 0.25) is 0 Å². The Morgan fingerprint density at radius 2 is 1.91 bits per heavy atom. The van der Waals surface area contributed by atoms with Gasteiger partial charge in [-0.15, -0.1) is 0 Å².